The molecule has 0 spiro atoms. The lowest BCUT2D eigenvalue weighted by Gasteiger charge is -2.27. The first-order chi connectivity index (χ1) is 8.83. The minimum Gasteiger partial charge on any atom is -0.380 e. The van der Waals surface area contributed by atoms with Crippen LogP contribution in [0.4, 0.5) is 0 Å². The van der Waals surface area contributed by atoms with Gasteiger partial charge in [0.15, 0.2) is 0 Å². The molecule has 0 aliphatic carbocycles. The Hall–Kier alpha value is -0.900. The zero-order valence-electron chi connectivity index (χ0n) is 11.7. The lowest BCUT2D eigenvalue weighted by atomic mass is 10.0. The summed E-state index contributed by atoms with van der Waals surface area (Å²) in [5.74, 6) is 0. The highest BCUT2D eigenvalue weighted by Gasteiger charge is 2.22. The smallest absolute Gasteiger partial charge is 0.0996 e. The van der Waals surface area contributed by atoms with E-state index in [4.69, 9.17) is 9.47 Å². The van der Waals surface area contributed by atoms with Gasteiger partial charge in [-0.1, -0.05) is 44.2 Å². The second kappa shape index (κ2) is 9.09. The maximum atomic E-state index is 5.66. The third kappa shape index (κ3) is 4.77. The molecule has 0 bridgehead atoms. The van der Waals surface area contributed by atoms with E-state index >= 15 is 0 Å². The molecule has 0 aliphatic heterocycles. The Balaban J connectivity index is 2.67. The van der Waals surface area contributed by atoms with Gasteiger partial charge in [0.1, 0.15) is 0 Å². The molecule has 2 atom stereocenters. The average Bonchev–Trinajstić information content (AvgIpc) is 2.41. The zero-order valence-corrected chi connectivity index (χ0v) is 11.7. The minimum absolute atomic E-state index is 0.0306. The van der Waals surface area contributed by atoms with Crippen molar-refractivity contribution in [1.29, 1.82) is 0 Å². The topological polar surface area (TPSA) is 30.5 Å². The van der Waals surface area contributed by atoms with Crippen LogP contribution in [-0.2, 0) is 9.47 Å². The first-order valence-corrected chi connectivity index (χ1v) is 6.72. The van der Waals surface area contributed by atoms with Crippen molar-refractivity contribution in [3.05, 3.63) is 35.9 Å². The van der Waals surface area contributed by atoms with Crippen molar-refractivity contribution >= 4 is 0 Å². The fourth-order valence-corrected chi connectivity index (χ4v) is 2.05. The monoisotopic (exact) mass is 251 g/mol. The van der Waals surface area contributed by atoms with Gasteiger partial charge in [0.2, 0.25) is 0 Å². The second-order valence-corrected chi connectivity index (χ2v) is 4.31. The van der Waals surface area contributed by atoms with Gasteiger partial charge in [0.05, 0.1) is 18.8 Å². The maximum absolute atomic E-state index is 5.66. The van der Waals surface area contributed by atoms with Crippen molar-refractivity contribution in [3.63, 3.8) is 0 Å². The number of rotatable bonds is 9. The molecule has 0 radical (unpaired) electrons. The Morgan fingerprint density at radius 2 is 1.89 bits per heavy atom. The quantitative estimate of drug-likeness (QED) is 0.685. The molecular weight excluding hydrogens is 226 g/mol. The number of likely N-dealkylation sites (N-methyl/N-ethyl adjacent to an activating group) is 1. The first kappa shape index (κ1) is 15.2. The molecule has 3 nitrogen and oxygen atoms in total. The van der Waals surface area contributed by atoms with Crippen LogP contribution in [0.5, 0.6) is 0 Å². The molecule has 0 amide bonds. The Labute approximate surface area is 110 Å². The summed E-state index contributed by atoms with van der Waals surface area (Å²) in [6, 6.07) is 10.5. The molecule has 2 unspecified atom stereocenters. The van der Waals surface area contributed by atoms with Gasteiger partial charge >= 0.3 is 0 Å². The normalized spacial score (nSPS) is 14.4. The number of ether oxygens (including phenoxy) is 2. The zero-order chi connectivity index (χ0) is 13.2. The molecule has 0 fully saturated rings. The highest BCUT2D eigenvalue weighted by Crippen LogP contribution is 2.20. The van der Waals surface area contributed by atoms with Crippen molar-refractivity contribution in [2.75, 3.05) is 26.9 Å². The first-order valence-electron chi connectivity index (χ1n) is 6.72. The molecule has 1 aromatic rings. The number of benzene rings is 1. The molecule has 1 rings (SSSR count). The van der Waals surface area contributed by atoms with E-state index in [2.05, 4.69) is 31.3 Å². The van der Waals surface area contributed by atoms with Gasteiger partial charge in [-0.2, -0.15) is 0 Å². The molecule has 102 valence electrons. The van der Waals surface area contributed by atoms with E-state index in [1.165, 1.54) is 5.56 Å². The number of nitrogens with one attached hydrogen (secondary N) is 1. The molecular formula is C15H25NO2. The van der Waals surface area contributed by atoms with E-state index in [-0.39, 0.29) is 12.1 Å². The molecule has 0 saturated carbocycles. The fraction of sp³-hybridized carbons (Fsp3) is 0.600. The van der Waals surface area contributed by atoms with Gasteiger partial charge in [0.25, 0.3) is 0 Å². The maximum Gasteiger partial charge on any atom is 0.0996 e. The summed E-state index contributed by atoms with van der Waals surface area (Å²) in [4.78, 5) is 0. The third-order valence-electron chi connectivity index (χ3n) is 2.86. The van der Waals surface area contributed by atoms with Crippen LogP contribution in [0.25, 0.3) is 0 Å². The van der Waals surface area contributed by atoms with Crippen LogP contribution in [0.1, 0.15) is 31.9 Å². The van der Waals surface area contributed by atoms with Gasteiger partial charge in [0, 0.05) is 13.7 Å². The molecule has 1 N–H and O–H groups in total. The Bertz CT molecular complexity index is 303. The van der Waals surface area contributed by atoms with Crippen LogP contribution < -0.4 is 5.32 Å². The largest absolute Gasteiger partial charge is 0.380 e. The summed E-state index contributed by atoms with van der Waals surface area (Å²) >= 11 is 0. The highest BCUT2D eigenvalue weighted by molar-refractivity contribution is 5.19. The van der Waals surface area contributed by atoms with Gasteiger partial charge in [-0.05, 0) is 18.5 Å². The molecule has 0 saturated heterocycles. The number of hydrogen-bond donors (Lipinski definition) is 1. The van der Waals surface area contributed by atoms with Gasteiger partial charge < -0.3 is 14.8 Å². The minimum atomic E-state index is 0.0306. The van der Waals surface area contributed by atoms with Crippen LogP contribution in [0, 0.1) is 0 Å². The van der Waals surface area contributed by atoms with Crippen LogP contribution in [0.2, 0.25) is 0 Å². The Kier molecular flexibility index (Phi) is 7.65. The Morgan fingerprint density at radius 1 is 1.17 bits per heavy atom. The van der Waals surface area contributed by atoms with E-state index in [0.29, 0.717) is 6.61 Å². The predicted octanol–water partition coefficient (Wildman–Crippen LogP) is 2.78. The standard InChI is InChI=1S/C15H25NO2/c1-4-11-18-12-14(16-5-2)15(17-3)13-9-7-6-8-10-13/h6-10,14-16H,4-5,11-12H2,1-3H3. The van der Waals surface area contributed by atoms with Crippen molar-refractivity contribution < 1.29 is 9.47 Å². The van der Waals surface area contributed by atoms with Crippen LogP contribution >= 0.6 is 0 Å². The summed E-state index contributed by atoms with van der Waals surface area (Å²) in [5.41, 5.74) is 1.19. The Morgan fingerprint density at radius 3 is 2.44 bits per heavy atom. The van der Waals surface area contributed by atoms with Crippen molar-refractivity contribution in [1.82, 2.24) is 5.32 Å². The van der Waals surface area contributed by atoms with E-state index in [9.17, 15) is 0 Å². The van der Waals surface area contributed by atoms with Crippen molar-refractivity contribution in [2.45, 2.75) is 32.4 Å². The highest BCUT2D eigenvalue weighted by atomic mass is 16.5. The van der Waals surface area contributed by atoms with Gasteiger partial charge in [-0.15, -0.1) is 0 Å². The van der Waals surface area contributed by atoms with E-state index in [0.717, 1.165) is 19.6 Å². The molecule has 3 heteroatoms. The summed E-state index contributed by atoms with van der Waals surface area (Å²) in [7, 11) is 1.75. The average molecular weight is 251 g/mol. The lowest BCUT2D eigenvalue weighted by molar-refractivity contribution is 0.0207. The van der Waals surface area contributed by atoms with Gasteiger partial charge in [-0.3, -0.25) is 0 Å². The predicted molar refractivity (Wildman–Crippen MR) is 74.8 cm³/mol. The molecule has 0 aromatic heterocycles. The number of hydrogen-bond acceptors (Lipinski definition) is 3. The van der Waals surface area contributed by atoms with Crippen LogP contribution in [0.15, 0.2) is 30.3 Å². The van der Waals surface area contributed by atoms with Crippen molar-refractivity contribution in [3.8, 4) is 0 Å². The summed E-state index contributed by atoms with van der Waals surface area (Å²) in [6.07, 6.45) is 1.07. The van der Waals surface area contributed by atoms with E-state index in [1.807, 2.05) is 18.2 Å². The second-order valence-electron chi connectivity index (χ2n) is 4.31. The molecule has 1 aromatic carbocycles. The van der Waals surface area contributed by atoms with Crippen molar-refractivity contribution in [2.24, 2.45) is 0 Å². The third-order valence-corrected chi connectivity index (χ3v) is 2.86. The fourth-order valence-electron chi connectivity index (χ4n) is 2.05. The number of methoxy groups -OCH3 is 1. The SMILES string of the molecule is CCCOCC(NCC)C(OC)c1ccccc1. The summed E-state index contributed by atoms with van der Waals surface area (Å²) in [5, 5.41) is 3.44. The van der Waals surface area contributed by atoms with Crippen LogP contribution in [-0.4, -0.2) is 32.9 Å². The van der Waals surface area contributed by atoms with Crippen LogP contribution in [0.3, 0.4) is 0 Å². The summed E-state index contributed by atoms with van der Waals surface area (Å²) < 4.78 is 11.3. The van der Waals surface area contributed by atoms with Gasteiger partial charge in [-0.25, -0.2) is 0 Å². The van der Waals surface area contributed by atoms with E-state index in [1.54, 1.807) is 7.11 Å². The molecule has 18 heavy (non-hydrogen) atoms. The molecule has 0 heterocycles. The molecule has 0 aliphatic rings. The lowest BCUT2D eigenvalue weighted by Crippen LogP contribution is -2.39. The van der Waals surface area contributed by atoms with E-state index < -0.39 is 0 Å². The summed E-state index contributed by atoms with van der Waals surface area (Å²) in [6.45, 7) is 6.60.